The first-order valence-electron chi connectivity index (χ1n) is 27.6. The van der Waals surface area contributed by atoms with Gasteiger partial charge in [0.2, 0.25) is 47.3 Å². The molecule has 8 amide bonds. The molecule has 24 heteroatoms. The van der Waals surface area contributed by atoms with Crippen molar-refractivity contribution in [1.29, 1.82) is 0 Å². The number of ether oxygens (including phenoxy) is 5. The van der Waals surface area contributed by atoms with E-state index in [1.54, 1.807) is 30.3 Å². The lowest BCUT2D eigenvalue weighted by molar-refractivity contribution is -0.131. The van der Waals surface area contributed by atoms with Crippen LogP contribution < -0.4 is 47.9 Å². The molecule has 0 saturated heterocycles. The summed E-state index contributed by atoms with van der Waals surface area (Å²) in [5, 5.41) is 23.3. The van der Waals surface area contributed by atoms with Gasteiger partial charge in [0.05, 0.1) is 76.9 Å². The van der Waals surface area contributed by atoms with Gasteiger partial charge in [0.25, 0.3) is 0 Å². The van der Waals surface area contributed by atoms with Gasteiger partial charge in [-0.15, -0.1) is 0 Å². The molecular formula is C58H89N9O15. The molecule has 0 aliphatic rings. The van der Waals surface area contributed by atoms with Crippen molar-refractivity contribution in [1.82, 2.24) is 47.9 Å². The van der Waals surface area contributed by atoms with E-state index in [0.717, 1.165) is 24.0 Å². The van der Waals surface area contributed by atoms with Crippen LogP contribution in [-0.4, -0.2) is 174 Å². The molecule has 0 fully saturated rings. The molecular weight excluding hydrogens is 1060 g/mol. The zero-order valence-corrected chi connectivity index (χ0v) is 48.9. The van der Waals surface area contributed by atoms with E-state index in [9.17, 15) is 47.9 Å². The summed E-state index contributed by atoms with van der Waals surface area (Å²) in [6.45, 7) is 17.0. The predicted molar refractivity (Wildman–Crippen MR) is 305 cm³/mol. The lowest BCUT2D eigenvalue weighted by Gasteiger charge is -2.30. The van der Waals surface area contributed by atoms with Gasteiger partial charge in [0.1, 0.15) is 31.2 Å². The Labute approximate surface area is 482 Å². The number of ketones is 2. The number of nitrogens with one attached hydrogen (secondary N) is 9. The second-order valence-corrected chi connectivity index (χ2v) is 21.0. The van der Waals surface area contributed by atoms with Crippen LogP contribution in [0.25, 0.3) is 0 Å². The van der Waals surface area contributed by atoms with Gasteiger partial charge >= 0.3 is 0 Å². The van der Waals surface area contributed by atoms with E-state index in [4.69, 9.17) is 23.7 Å². The van der Waals surface area contributed by atoms with Crippen LogP contribution in [0.2, 0.25) is 0 Å². The van der Waals surface area contributed by atoms with E-state index in [1.165, 1.54) is 13.8 Å². The summed E-state index contributed by atoms with van der Waals surface area (Å²) in [7, 11) is 0. The summed E-state index contributed by atoms with van der Waals surface area (Å²) in [4.78, 5) is 123. The molecule has 0 aliphatic carbocycles. The second-order valence-electron chi connectivity index (χ2n) is 21.0. The highest BCUT2D eigenvalue weighted by Crippen LogP contribution is 2.22. The maximum Gasteiger partial charge on any atom is 0.243 e. The number of carbonyl (C=O) groups is 10. The van der Waals surface area contributed by atoms with Gasteiger partial charge in [-0.3, -0.25) is 47.9 Å². The highest BCUT2D eigenvalue weighted by atomic mass is 16.5. The molecule has 0 heterocycles. The van der Waals surface area contributed by atoms with E-state index in [0.29, 0.717) is 50.9 Å². The van der Waals surface area contributed by atoms with Crippen LogP contribution in [0.5, 0.6) is 0 Å². The van der Waals surface area contributed by atoms with Crippen LogP contribution in [0.4, 0.5) is 0 Å². The SMILES string of the molecule is C=C(CNC(=O)CCC(C)(C)OCCC(C)(C)OCCC(C)CCOCCOCCC(=O)NCC(=O)NCC(=O)N[C@@H](Cc1ccccc1)C(=O)NCC(=O)NCOCC(C)=O)NCC(=O)N[C@@H](Cc1ccccc1)C(=O)NCC(C)=O. The number of hydrogen-bond acceptors (Lipinski definition) is 16. The van der Waals surface area contributed by atoms with Crippen molar-refractivity contribution >= 4 is 58.8 Å². The van der Waals surface area contributed by atoms with Gasteiger partial charge in [-0.2, -0.15) is 0 Å². The van der Waals surface area contributed by atoms with E-state index < -0.39 is 77.7 Å². The summed E-state index contributed by atoms with van der Waals surface area (Å²) in [6.07, 6.45) is 3.32. The molecule has 0 aromatic heterocycles. The number of rotatable bonds is 45. The molecule has 2 aromatic rings. The highest BCUT2D eigenvalue weighted by molar-refractivity contribution is 5.93. The first-order valence-corrected chi connectivity index (χ1v) is 27.6. The fourth-order valence-corrected chi connectivity index (χ4v) is 7.28. The summed E-state index contributed by atoms with van der Waals surface area (Å²) in [5.41, 5.74) is 0.986. The third-order valence-electron chi connectivity index (χ3n) is 12.2. The molecule has 0 bridgehead atoms. The van der Waals surface area contributed by atoms with Crippen LogP contribution in [0.15, 0.2) is 72.9 Å². The van der Waals surface area contributed by atoms with Crippen molar-refractivity contribution in [2.45, 2.75) is 123 Å². The van der Waals surface area contributed by atoms with Gasteiger partial charge in [-0.1, -0.05) is 74.2 Å². The molecule has 0 aliphatic heterocycles. The molecule has 2 rings (SSSR count). The van der Waals surface area contributed by atoms with E-state index in [2.05, 4.69) is 61.4 Å². The van der Waals surface area contributed by atoms with E-state index in [1.807, 2.05) is 58.0 Å². The zero-order chi connectivity index (χ0) is 60.8. The third-order valence-corrected chi connectivity index (χ3v) is 12.2. The Morgan fingerprint density at radius 2 is 0.927 bits per heavy atom. The van der Waals surface area contributed by atoms with Crippen molar-refractivity contribution in [3.05, 3.63) is 84.1 Å². The van der Waals surface area contributed by atoms with Gasteiger partial charge in [0, 0.05) is 44.6 Å². The Bertz CT molecular complexity index is 2340. The summed E-state index contributed by atoms with van der Waals surface area (Å²) in [5.74, 6) is -4.13. The molecule has 82 heavy (non-hydrogen) atoms. The number of amides is 8. The number of hydrogen-bond donors (Lipinski definition) is 9. The fraction of sp³-hybridized carbons (Fsp3) is 0.586. The van der Waals surface area contributed by atoms with Crippen molar-refractivity contribution in [3.63, 3.8) is 0 Å². The topological polar surface area (TPSA) is 325 Å². The molecule has 0 saturated carbocycles. The molecule has 1 unspecified atom stereocenters. The minimum Gasteiger partial charge on any atom is -0.379 e. The zero-order valence-electron chi connectivity index (χ0n) is 48.9. The third kappa shape index (κ3) is 36.3. The van der Waals surface area contributed by atoms with Crippen molar-refractivity contribution < 1.29 is 71.6 Å². The summed E-state index contributed by atoms with van der Waals surface area (Å²) < 4.78 is 28.6. The smallest absolute Gasteiger partial charge is 0.243 e. The Morgan fingerprint density at radius 1 is 0.463 bits per heavy atom. The van der Waals surface area contributed by atoms with E-state index >= 15 is 0 Å². The maximum absolute atomic E-state index is 13.0. The summed E-state index contributed by atoms with van der Waals surface area (Å²) >= 11 is 0. The van der Waals surface area contributed by atoms with Crippen molar-refractivity contribution in [3.8, 4) is 0 Å². The Balaban J connectivity index is 1.53. The quantitative estimate of drug-likeness (QED) is 0.0330. The average Bonchev–Trinajstić information content (AvgIpc) is 3.44. The maximum atomic E-state index is 13.0. The Hall–Kier alpha value is -7.12. The molecule has 9 N–H and O–H groups in total. The molecule has 456 valence electrons. The molecule has 3 atom stereocenters. The van der Waals surface area contributed by atoms with Crippen LogP contribution in [0.3, 0.4) is 0 Å². The Morgan fingerprint density at radius 3 is 1.51 bits per heavy atom. The standard InChI is InChI=1S/C58H89N9O15/c1-41(20-25-78-29-30-79-26-22-50(71)61-35-51(72)62-38-54(75)67-48(32-46-17-13-10-14-18-46)56(77)64-36-52(73)65-40-80-39-44(4)69)21-27-81-58(7,8)24-28-82-57(5,6)23-19-49(70)60-33-42(2)59-37-53(74)66-47(55(76)63-34-43(3)68)31-45-15-11-9-12-16-45/h9-18,41,47-48,59H,2,19-40H2,1,3-8H3,(H,60,70)(H,61,71)(H,62,72)(H,63,76)(H,64,77)(H,65,73)(H,66,74)(H,67,75)/t41?,47-,48-/m0/s1. The number of Topliss-reactive ketones (excluding diaryl/α,β-unsaturated/α-hetero) is 2. The normalized spacial score (nSPS) is 12.3. The van der Waals surface area contributed by atoms with E-state index in [-0.39, 0.29) is 95.9 Å². The molecule has 2 aromatic carbocycles. The van der Waals surface area contributed by atoms with Gasteiger partial charge in [-0.25, -0.2) is 0 Å². The largest absolute Gasteiger partial charge is 0.379 e. The first-order chi connectivity index (χ1) is 38.9. The van der Waals surface area contributed by atoms with Crippen LogP contribution in [0, 0.1) is 5.92 Å². The lowest BCUT2D eigenvalue weighted by Crippen LogP contribution is -2.52. The fourth-order valence-electron chi connectivity index (χ4n) is 7.28. The highest BCUT2D eigenvalue weighted by Gasteiger charge is 2.26. The number of benzene rings is 2. The second kappa shape index (κ2) is 40.1. The Kier molecular flexibility index (Phi) is 34.7. The van der Waals surface area contributed by atoms with Crippen LogP contribution in [0.1, 0.15) is 98.1 Å². The predicted octanol–water partition coefficient (Wildman–Crippen LogP) is 0.994. The van der Waals surface area contributed by atoms with Crippen LogP contribution in [-0.2, 0) is 84.5 Å². The minimum absolute atomic E-state index is 0.00189. The van der Waals surface area contributed by atoms with Crippen molar-refractivity contribution in [2.24, 2.45) is 5.92 Å². The van der Waals surface area contributed by atoms with Crippen molar-refractivity contribution in [2.75, 3.05) is 92.2 Å². The monoisotopic (exact) mass is 1150 g/mol. The van der Waals surface area contributed by atoms with Gasteiger partial charge in [0.15, 0.2) is 5.78 Å². The minimum atomic E-state index is -1.07. The van der Waals surface area contributed by atoms with Gasteiger partial charge in [-0.05, 0) is 84.3 Å². The average molecular weight is 1150 g/mol. The lowest BCUT2D eigenvalue weighted by atomic mass is 10.0. The molecule has 0 spiro atoms. The number of carbonyl (C=O) groups excluding carboxylic acids is 10. The van der Waals surface area contributed by atoms with Gasteiger partial charge < -0.3 is 71.5 Å². The molecule has 24 nitrogen and oxygen atoms in total. The summed E-state index contributed by atoms with van der Waals surface area (Å²) in [6, 6.07) is 16.1. The first kappa shape index (κ1) is 71.0. The molecule has 0 radical (unpaired) electrons. The van der Waals surface area contributed by atoms with Crippen LogP contribution >= 0.6 is 0 Å².